The van der Waals surface area contributed by atoms with Gasteiger partial charge in [0.1, 0.15) is 0 Å². The van der Waals surface area contributed by atoms with Crippen molar-refractivity contribution >= 4 is 17.6 Å². The Labute approximate surface area is 148 Å². The van der Waals surface area contributed by atoms with E-state index in [-0.39, 0.29) is 23.4 Å². The molecule has 1 fully saturated rings. The molecule has 1 aliphatic rings. The smallest absolute Gasteiger partial charge is 0.319 e. The molecule has 1 aromatic carbocycles. The fourth-order valence-electron chi connectivity index (χ4n) is 2.65. The molecule has 25 heavy (non-hydrogen) atoms. The Kier molecular flexibility index (Phi) is 6.02. The van der Waals surface area contributed by atoms with Crippen molar-refractivity contribution in [2.45, 2.75) is 39.3 Å². The number of amides is 3. The van der Waals surface area contributed by atoms with E-state index in [4.69, 9.17) is 0 Å². The van der Waals surface area contributed by atoms with Crippen molar-refractivity contribution in [2.24, 2.45) is 5.92 Å². The molecule has 1 heterocycles. The maximum absolute atomic E-state index is 12.3. The molecule has 0 bridgehead atoms. The van der Waals surface area contributed by atoms with E-state index in [1.54, 1.807) is 18.2 Å². The molecule has 1 aromatic rings. The predicted octanol–water partition coefficient (Wildman–Crippen LogP) is 1.23. The number of aliphatic hydroxyl groups excluding tert-OH is 1. The van der Waals surface area contributed by atoms with Crippen molar-refractivity contribution in [3.8, 4) is 0 Å². The van der Waals surface area contributed by atoms with Crippen LogP contribution < -0.4 is 21.3 Å². The summed E-state index contributed by atoms with van der Waals surface area (Å²) in [5.74, 6) is -0.206. The van der Waals surface area contributed by atoms with E-state index in [9.17, 15) is 14.7 Å². The molecule has 2 unspecified atom stereocenters. The molecule has 3 amide bonds. The summed E-state index contributed by atoms with van der Waals surface area (Å²) < 4.78 is 0. The minimum Gasteiger partial charge on any atom is -0.391 e. The third-order valence-corrected chi connectivity index (χ3v) is 4.07. The van der Waals surface area contributed by atoms with Gasteiger partial charge in [0.2, 0.25) is 0 Å². The molecule has 0 radical (unpaired) electrons. The molecule has 7 heteroatoms. The average Bonchev–Trinajstić information content (AvgIpc) is 2.90. The summed E-state index contributed by atoms with van der Waals surface area (Å²) in [7, 11) is 0. The Hall–Kier alpha value is -2.12. The molecule has 0 aromatic heterocycles. The van der Waals surface area contributed by atoms with E-state index >= 15 is 0 Å². The number of nitrogens with one attached hydrogen (secondary N) is 4. The van der Waals surface area contributed by atoms with Crippen molar-refractivity contribution in [2.75, 3.05) is 25.0 Å². The molecular formula is C18H28N4O3. The van der Waals surface area contributed by atoms with Gasteiger partial charge in [0.25, 0.3) is 5.91 Å². The second-order valence-corrected chi connectivity index (χ2v) is 7.55. The van der Waals surface area contributed by atoms with Crippen LogP contribution in [0.15, 0.2) is 18.2 Å². The van der Waals surface area contributed by atoms with Crippen molar-refractivity contribution in [3.63, 3.8) is 0 Å². The zero-order valence-corrected chi connectivity index (χ0v) is 15.3. The lowest BCUT2D eigenvalue weighted by molar-refractivity contribution is 0.0927. The van der Waals surface area contributed by atoms with Gasteiger partial charge in [0.15, 0.2) is 0 Å². The van der Waals surface area contributed by atoms with Crippen LogP contribution in [0.5, 0.6) is 0 Å². The lowest BCUT2D eigenvalue weighted by Gasteiger charge is -2.21. The molecule has 2 rings (SSSR count). The Balaban J connectivity index is 1.99. The fourth-order valence-corrected chi connectivity index (χ4v) is 2.65. The molecule has 0 saturated carbocycles. The molecule has 138 valence electrons. The standard InChI is InChI=1S/C18H28N4O3/c1-11-5-6-12(7-14(11)21-17(25)22-18(2,3)4)16(24)20-9-13-8-19-10-15(13)23/h5-7,13,15,19,23H,8-10H2,1-4H3,(H,20,24)(H2,21,22,25). The molecule has 1 aliphatic heterocycles. The normalized spacial score (nSPS) is 20.2. The Morgan fingerprint density at radius 1 is 1.28 bits per heavy atom. The van der Waals surface area contributed by atoms with Gasteiger partial charge in [0.05, 0.1) is 6.10 Å². The van der Waals surface area contributed by atoms with Crippen molar-refractivity contribution in [1.82, 2.24) is 16.0 Å². The number of benzene rings is 1. The van der Waals surface area contributed by atoms with Gasteiger partial charge in [-0.1, -0.05) is 6.07 Å². The number of aliphatic hydroxyl groups is 1. The Morgan fingerprint density at radius 3 is 2.60 bits per heavy atom. The zero-order valence-electron chi connectivity index (χ0n) is 15.3. The molecule has 5 N–H and O–H groups in total. The molecule has 0 spiro atoms. The number of rotatable bonds is 4. The minimum absolute atomic E-state index is 0.0181. The summed E-state index contributed by atoms with van der Waals surface area (Å²) in [6, 6.07) is 4.87. The molecule has 0 aliphatic carbocycles. The van der Waals surface area contributed by atoms with Crippen LogP contribution in [0.3, 0.4) is 0 Å². The largest absolute Gasteiger partial charge is 0.391 e. The van der Waals surface area contributed by atoms with Crippen LogP contribution in [-0.2, 0) is 0 Å². The third-order valence-electron chi connectivity index (χ3n) is 4.07. The van der Waals surface area contributed by atoms with E-state index in [2.05, 4.69) is 21.3 Å². The van der Waals surface area contributed by atoms with Gasteiger partial charge in [-0.05, 0) is 45.4 Å². The van der Waals surface area contributed by atoms with Crippen molar-refractivity contribution in [3.05, 3.63) is 29.3 Å². The first kappa shape index (κ1) is 19.2. The van der Waals surface area contributed by atoms with Gasteiger partial charge < -0.3 is 26.4 Å². The maximum Gasteiger partial charge on any atom is 0.319 e. The van der Waals surface area contributed by atoms with Crippen LogP contribution in [0.25, 0.3) is 0 Å². The van der Waals surface area contributed by atoms with Crippen LogP contribution in [0, 0.1) is 12.8 Å². The summed E-state index contributed by atoms with van der Waals surface area (Å²) in [5.41, 5.74) is 1.59. The SMILES string of the molecule is Cc1ccc(C(=O)NCC2CNCC2O)cc1NC(=O)NC(C)(C)C. The quantitative estimate of drug-likeness (QED) is 0.565. The van der Waals surface area contributed by atoms with Crippen LogP contribution >= 0.6 is 0 Å². The minimum atomic E-state index is -0.434. The number of hydrogen-bond acceptors (Lipinski definition) is 4. The van der Waals surface area contributed by atoms with E-state index in [1.807, 2.05) is 27.7 Å². The highest BCUT2D eigenvalue weighted by atomic mass is 16.3. The van der Waals surface area contributed by atoms with Gasteiger partial charge in [0, 0.05) is 42.3 Å². The summed E-state index contributed by atoms with van der Waals surface area (Å²) in [4.78, 5) is 24.4. The lowest BCUT2D eigenvalue weighted by atomic mass is 10.1. The summed E-state index contributed by atoms with van der Waals surface area (Å²) in [6.45, 7) is 9.22. The second kappa shape index (κ2) is 7.84. The number of urea groups is 1. The zero-order chi connectivity index (χ0) is 18.6. The summed E-state index contributed by atoms with van der Waals surface area (Å²) in [5, 5.41) is 21.3. The molecular weight excluding hydrogens is 320 g/mol. The first-order valence-corrected chi connectivity index (χ1v) is 8.52. The van der Waals surface area contributed by atoms with E-state index < -0.39 is 6.10 Å². The predicted molar refractivity (Wildman–Crippen MR) is 97.8 cm³/mol. The number of β-amino-alcohol motifs (C(OH)–C–C–N with tert-alkyl or cyclic N) is 1. The van der Waals surface area contributed by atoms with Crippen LogP contribution in [0.1, 0.15) is 36.7 Å². The fraction of sp³-hybridized carbons (Fsp3) is 0.556. The van der Waals surface area contributed by atoms with E-state index in [1.165, 1.54) is 0 Å². The van der Waals surface area contributed by atoms with Gasteiger partial charge in [-0.15, -0.1) is 0 Å². The molecule has 2 atom stereocenters. The van der Waals surface area contributed by atoms with Gasteiger partial charge >= 0.3 is 6.03 Å². The number of aryl methyl sites for hydroxylation is 1. The number of anilines is 1. The van der Waals surface area contributed by atoms with E-state index in [0.29, 0.717) is 30.9 Å². The molecule has 7 nitrogen and oxygen atoms in total. The number of hydrogen-bond donors (Lipinski definition) is 5. The third kappa shape index (κ3) is 5.72. The van der Waals surface area contributed by atoms with Crippen molar-refractivity contribution in [1.29, 1.82) is 0 Å². The van der Waals surface area contributed by atoms with Crippen molar-refractivity contribution < 1.29 is 14.7 Å². The second-order valence-electron chi connectivity index (χ2n) is 7.55. The highest BCUT2D eigenvalue weighted by Crippen LogP contribution is 2.17. The Morgan fingerprint density at radius 2 is 2.00 bits per heavy atom. The summed E-state index contributed by atoms with van der Waals surface area (Å²) in [6.07, 6.45) is -0.434. The number of carbonyl (C=O) groups is 2. The first-order chi connectivity index (χ1) is 11.7. The highest BCUT2D eigenvalue weighted by molar-refractivity contribution is 5.97. The molecule has 1 saturated heterocycles. The maximum atomic E-state index is 12.3. The monoisotopic (exact) mass is 348 g/mol. The highest BCUT2D eigenvalue weighted by Gasteiger charge is 2.25. The topological polar surface area (TPSA) is 102 Å². The van der Waals surface area contributed by atoms with Crippen LogP contribution in [-0.4, -0.2) is 48.3 Å². The van der Waals surface area contributed by atoms with Crippen LogP contribution in [0.4, 0.5) is 10.5 Å². The van der Waals surface area contributed by atoms with Crippen LogP contribution in [0.2, 0.25) is 0 Å². The summed E-state index contributed by atoms with van der Waals surface area (Å²) >= 11 is 0. The van der Waals surface area contributed by atoms with Gasteiger partial charge in [-0.3, -0.25) is 4.79 Å². The van der Waals surface area contributed by atoms with Gasteiger partial charge in [-0.25, -0.2) is 4.79 Å². The van der Waals surface area contributed by atoms with Gasteiger partial charge in [-0.2, -0.15) is 0 Å². The number of carbonyl (C=O) groups excluding carboxylic acids is 2. The lowest BCUT2D eigenvalue weighted by Crippen LogP contribution is -2.43. The average molecular weight is 348 g/mol. The Bertz CT molecular complexity index is 640. The first-order valence-electron chi connectivity index (χ1n) is 8.52. The van der Waals surface area contributed by atoms with E-state index in [0.717, 1.165) is 5.56 Å².